The Bertz CT molecular complexity index is 788. The molecule has 2 N–H and O–H groups in total. The maximum absolute atomic E-state index is 12.4. The Morgan fingerprint density at radius 3 is 2.50 bits per heavy atom. The summed E-state index contributed by atoms with van der Waals surface area (Å²) in [4.78, 5) is 11.0. The summed E-state index contributed by atoms with van der Waals surface area (Å²) in [5.74, 6) is -0.433. The van der Waals surface area contributed by atoms with Crippen molar-refractivity contribution in [2.24, 2.45) is 0 Å². The fraction of sp³-hybridized carbons (Fsp3) is 0.316. The van der Waals surface area contributed by atoms with Crippen LogP contribution in [-0.4, -0.2) is 30.9 Å². The number of hydrogen-bond acceptors (Lipinski definition) is 3. The summed E-state index contributed by atoms with van der Waals surface area (Å²) in [7, 11) is 1.49. The van der Waals surface area contributed by atoms with Gasteiger partial charge in [-0.15, -0.1) is 0 Å². The second-order valence-corrected chi connectivity index (χ2v) is 5.98. The van der Waals surface area contributed by atoms with E-state index >= 15 is 0 Å². The molecular formula is C19H20F3NO3. The third kappa shape index (κ3) is 5.49. The van der Waals surface area contributed by atoms with Crippen molar-refractivity contribution in [1.82, 2.24) is 5.32 Å². The van der Waals surface area contributed by atoms with Gasteiger partial charge >= 0.3 is 12.1 Å². The van der Waals surface area contributed by atoms with Gasteiger partial charge in [0, 0.05) is 12.1 Å². The quantitative estimate of drug-likeness (QED) is 0.778. The maximum Gasteiger partial charge on any atom is 0.401 e. The number of hydrogen-bond donors (Lipinski definition) is 2. The van der Waals surface area contributed by atoms with Crippen molar-refractivity contribution < 1.29 is 27.8 Å². The van der Waals surface area contributed by atoms with E-state index in [1.54, 1.807) is 18.2 Å². The minimum absolute atomic E-state index is 0.0306. The first-order valence-electron chi connectivity index (χ1n) is 7.95. The van der Waals surface area contributed by atoms with Crippen LogP contribution < -0.4 is 10.1 Å². The average molecular weight is 367 g/mol. The number of carboxylic acid groups (broad SMARTS) is 1. The number of carboxylic acids is 1. The van der Waals surface area contributed by atoms with Crippen molar-refractivity contribution in [1.29, 1.82) is 0 Å². The van der Waals surface area contributed by atoms with E-state index in [4.69, 9.17) is 9.84 Å². The van der Waals surface area contributed by atoms with E-state index in [0.717, 1.165) is 5.56 Å². The van der Waals surface area contributed by atoms with Crippen LogP contribution in [0.25, 0.3) is 11.1 Å². The van der Waals surface area contributed by atoms with Crippen LogP contribution in [0.15, 0.2) is 36.4 Å². The summed E-state index contributed by atoms with van der Waals surface area (Å²) >= 11 is 0. The smallest absolute Gasteiger partial charge is 0.401 e. The van der Waals surface area contributed by atoms with Crippen molar-refractivity contribution in [3.63, 3.8) is 0 Å². The second-order valence-electron chi connectivity index (χ2n) is 5.98. The van der Waals surface area contributed by atoms with Crippen LogP contribution in [0.3, 0.4) is 0 Å². The lowest BCUT2D eigenvalue weighted by molar-refractivity contribution is -0.136. The number of alkyl halides is 3. The summed E-state index contributed by atoms with van der Waals surface area (Å²) in [6.45, 7) is 0.800. The SMILES string of the molecule is COc1ccc(CC(=O)O)cc1-c1ccc(C)cc1CNCC(F)(F)F. The van der Waals surface area contributed by atoms with Crippen LogP contribution in [0.1, 0.15) is 16.7 Å². The van der Waals surface area contributed by atoms with Crippen LogP contribution in [0, 0.1) is 6.92 Å². The van der Waals surface area contributed by atoms with Crippen molar-refractivity contribution >= 4 is 5.97 Å². The van der Waals surface area contributed by atoms with E-state index in [9.17, 15) is 18.0 Å². The van der Waals surface area contributed by atoms with Gasteiger partial charge in [0.1, 0.15) is 5.75 Å². The molecule has 0 aliphatic rings. The lowest BCUT2D eigenvalue weighted by atomic mass is 9.95. The fourth-order valence-electron chi connectivity index (χ4n) is 2.72. The van der Waals surface area contributed by atoms with E-state index in [1.165, 1.54) is 7.11 Å². The predicted octanol–water partition coefficient (Wildman–Crippen LogP) is 3.95. The highest BCUT2D eigenvalue weighted by Gasteiger charge is 2.26. The number of ether oxygens (including phenoxy) is 1. The van der Waals surface area contributed by atoms with Gasteiger partial charge in [0.25, 0.3) is 0 Å². The first kappa shape index (κ1) is 19.8. The highest BCUT2D eigenvalue weighted by Crippen LogP contribution is 2.34. The van der Waals surface area contributed by atoms with Gasteiger partial charge in [-0.05, 0) is 35.7 Å². The molecule has 4 nitrogen and oxygen atoms in total. The lowest BCUT2D eigenvalue weighted by Crippen LogP contribution is -2.28. The van der Waals surface area contributed by atoms with Gasteiger partial charge in [-0.1, -0.05) is 29.8 Å². The van der Waals surface area contributed by atoms with Crippen molar-refractivity contribution in [3.8, 4) is 16.9 Å². The molecule has 0 radical (unpaired) electrons. The lowest BCUT2D eigenvalue weighted by Gasteiger charge is -2.16. The Balaban J connectivity index is 2.41. The number of carbonyl (C=O) groups is 1. The first-order chi connectivity index (χ1) is 12.2. The summed E-state index contributed by atoms with van der Waals surface area (Å²) < 4.78 is 42.6. The molecule has 0 bridgehead atoms. The summed E-state index contributed by atoms with van der Waals surface area (Å²) in [6, 6.07) is 10.5. The Labute approximate surface area is 149 Å². The van der Waals surface area contributed by atoms with Gasteiger partial charge < -0.3 is 15.2 Å². The minimum atomic E-state index is -4.29. The summed E-state index contributed by atoms with van der Waals surface area (Å²) in [5, 5.41) is 11.4. The molecule has 0 unspecified atom stereocenters. The number of nitrogens with one attached hydrogen (secondary N) is 1. The first-order valence-corrected chi connectivity index (χ1v) is 7.95. The van der Waals surface area contributed by atoms with Crippen LogP contribution >= 0.6 is 0 Å². The zero-order chi connectivity index (χ0) is 19.3. The minimum Gasteiger partial charge on any atom is -0.496 e. The van der Waals surface area contributed by atoms with Crippen molar-refractivity contribution in [2.45, 2.75) is 26.1 Å². The molecule has 7 heteroatoms. The Hall–Kier alpha value is -2.54. The Kier molecular flexibility index (Phi) is 6.26. The van der Waals surface area contributed by atoms with E-state index in [1.807, 2.05) is 25.1 Å². The molecule has 0 amide bonds. The molecule has 0 atom stereocenters. The zero-order valence-corrected chi connectivity index (χ0v) is 14.5. The van der Waals surface area contributed by atoms with Gasteiger partial charge in [0.15, 0.2) is 0 Å². The zero-order valence-electron chi connectivity index (χ0n) is 14.5. The largest absolute Gasteiger partial charge is 0.496 e. The predicted molar refractivity (Wildman–Crippen MR) is 92.3 cm³/mol. The highest BCUT2D eigenvalue weighted by molar-refractivity contribution is 5.77. The molecule has 2 aromatic rings. The molecule has 140 valence electrons. The number of methoxy groups -OCH3 is 1. The van der Waals surface area contributed by atoms with E-state index in [-0.39, 0.29) is 13.0 Å². The van der Waals surface area contributed by atoms with Gasteiger partial charge in [-0.25, -0.2) is 0 Å². The fourth-order valence-corrected chi connectivity index (χ4v) is 2.72. The van der Waals surface area contributed by atoms with Gasteiger partial charge in [0.05, 0.1) is 20.1 Å². The molecule has 0 heterocycles. The van der Waals surface area contributed by atoms with E-state index in [0.29, 0.717) is 28.0 Å². The molecule has 0 aromatic heterocycles. The molecule has 0 aliphatic carbocycles. The molecule has 2 aromatic carbocycles. The molecular weight excluding hydrogens is 347 g/mol. The Morgan fingerprint density at radius 2 is 1.88 bits per heavy atom. The number of halogens is 3. The van der Waals surface area contributed by atoms with Crippen LogP contribution in [-0.2, 0) is 17.8 Å². The normalized spacial score (nSPS) is 11.4. The highest BCUT2D eigenvalue weighted by atomic mass is 19.4. The third-order valence-corrected chi connectivity index (χ3v) is 3.81. The number of benzene rings is 2. The van der Waals surface area contributed by atoms with Gasteiger partial charge in [-0.3, -0.25) is 4.79 Å². The second kappa shape index (κ2) is 8.23. The van der Waals surface area contributed by atoms with Gasteiger partial charge in [0.2, 0.25) is 0 Å². The summed E-state index contributed by atoms with van der Waals surface area (Å²) in [5.41, 5.74) is 3.53. The number of aliphatic carboxylic acids is 1. The molecule has 0 aliphatic heterocycles. The van der Waals surface area contributed by atoms with Crippen molar-refractivity contribution in [3.05, 3.63) is 53.1 Å². The molecule has 0 saturated carbocycles. The van der Waals surface area contributed by atoms with Crippen molar-refractivity contribution in [2.75, 3.05) is 13.7 Å². The molecule has 26 heavy (non-hydrogen) atoms. The third-order valence-electron chi connectivity index (χ3n) is 3.81. The monoisotopic (exact) mass is 367 g/mol. The molecule has 0 fully saturated rings. The van der Waals surface area contributed by atoms with Crippen LogP contribution in [0.5, 0.6) is 5.75 Å². The number of aryl methyl sites for hydroxylation is 1. The van der Waals surface area contributed by atoms with Crippen LogP contribution in [0.2, 0.25) is 0 Å². The summed E-state index contributed by atoms with van der Waals surface area (Å²) in [6.07, 6.45) is -4.44. The van der Waals surface area contributed by atoms with Crippen LogP contribution in [0.4, 0.5) is 13.2 Å². The molecule has 2 rings (SSSR count). The average Bonchev–Trinajstić information content (AvgIpc) is 2.53. The Morgan fingerprint density at radius 1 is 1.15 bits per heavy atom. The van der Waals surface area contributed by atoms with E-state index in [2.05, 4.69) is 5.32 Å². The van der Waals surface area contributed by atoms with E-state index < -0.39 is 18.7 Å². The standard InChI is InChI=1S/C19H20F3NO3/c1-12-3-5-15(14(7-12)10-23-11-19(20,21)22)16-8-13(9-18(24)25)4-6-17(16)26-2/h3-8,23H,9-11H2,1-2H3,(H,24,25). The molecule has 0 spiro atoms. The van der Waals surface area contributed by atoms with Gasteiger partial charge in [-0.2, -0.15) is 13.2 Å². The maximum atomic E-state index is 12.4. The topological polar surface area (TPSA) is 58.6 Å². The number of rotatable bonds is 7. The molecule has 0 saturated heterocycles.